The fraction of sp³-hybridized carbons (Fsp3) is 0.368. The molecule has 1 aromatic heterocycles. The molecule has 3 rings (SSSR count). The fourth-order valence-electron chi connectivity index (χ4n) is 2.98. The Morgan fingerprint density at radius 3 is 2.79 bits per heavy atom. The third-order valence-electron chi connectivity index (χ3n) is 4.48. The molecule has 1 aliphatic rings. The van der Waals surface area contributed by atoms with E-state index in [1.54, 1.807) is 6.92 Å². The lowest BCUT2D eigenvalue weighted by Crippen LogP contribution is -2.40. The summed E-state index contributed by atoms with van der Waals surface area (Å²) in [6.07, 6.45) is 1.99. The van der Waals surface area contributed by atoms with Crippen LogP contribution in [0.2, 0.25) is 10.0 Å². The first-order valence-corrected chi connectivity index (χ1v) is 9.53. The SMILES string of the molecule is C[C@@H](Oc1c[nH]c(=O)c(C(=O)NC2CCOCC2)c1)c1c(Cl)ccc(F)c1Cl. The number of amides is 1. The second-order valence-electron chi connectivity index (χ2n) is 6.46. The van der Waals surface area contributed by atoms with Gasteiger partial charge in [0.25, 0.3) is 11.5 Å². The first-order chi connectivity index (χ1) is 13.4. The Labute approximate surface area is 170 Å². The molecule has 0 bridgehead atoms. The summed E-state index contributed by atoms with van der Waals surface area (Å²) in [5, 5.41) is 2.94. The van der Waals surface area contributed by atoms with E-state index in [-0.39, 0.29) is 33.0 Å². The largest absolute Gasteiger partial charge is 0.484 e. The quantitative estimate of drug-likeness (QED) is 0.708. The number of carbonyl (C=O) groups is 1. The number of rotatable bonds is 5. The zero-order valence-electron chi connectivity index (χ0n) is 15.1. The topological polar surface area (TPSA) is 80.4 Å². The molecule has 28 heavy (non-hydrogen) atoms. The number of halogens is 3. The van der Waals surface area contributed by atoms with Crippen LogP contribution in [0.5, 0.6) is 5.75 Å². The highest BCUT2D eigenvalue weighted by Gasteiger charge is 2.21. The number of benzene rings is 1. The number of aromatic nitrogens is 1. The summed E-state index contributed by atoms with van der Waals surface area (Å²) in [4.78, 5) is 27.0. The first-order valence-electron chi connectivity index (χ1n) is 8.78. The maximum Gasteiger partial charge on any atom is 0.261 e. The molecule has 2 N–H and O–H groups in total. The van der Waals surface area contributed by atoms with Crippen LogP contribution in [-0.2, 0) is 4.74 Å². The van der Waals surface area contributed by atoms with Crippen molar-refractivity contribution in [3.8, 4) is 5.75 Å². The van der Waals surface area contributed by atoms with Crippen LogP contribution >= 0.6 is 23.2 Å². The van der Waals surface area contributed by atoms with E-state index in [1.165, 1.54) is 24.4 Å². The number of ether oxygens (including phenoxy) is 2. The Bertz CT molecular complexity index is 929. The maximum absolute atomic E-state index is 13.7. The van der Waals surface area contributed by atoms with Gasteiger partial charge in [0.15, 0.2) is 0 Å². The van der Waals surface area contributed by atoms with Crippen LogP contribution < -0.4 is 15.6 Å². The van der Waals surface area contributed by atoms with Crippen LogP contribution in [0.4, 0.5) is 4.39 Å². The number of aromatic amines is 1. The minimum Gasteiger partial charge on any atom is -0.484 e. The third kappa shape index (κ3) is 4.66. The second-order valence-corrected chi connectivity index (χ2v) is 7.24. The van der Waals surface area contributed by atoms with Crippen molar-refractivity contribution < 1.29 is 18.7 Å². The van der Waals surface area contributed by atoms with Gasteiger partial charge in [-0.1, -0.05) is 23.2 Å². The molecule has 1 fully saturated rings. The van der Waals surface area contributed by atoms with Gasteiger partial charge in [-0.2, -0.15) is 0 Å². The predicted molar refractivity (Wildman–Crippen MR) is 104 cm³/mol. The minimum atomic E-state index is -0.715. The third-order valence-corrected chi connectivity index (χ3v) is 5.19. The fourth-order valence-corrected chi connectivity index (χ4v) is 3.66. The highest BCUT2D eigenvalue weighted by molar-refractivity contribution is 6.36. The summed E-state index contributed by atoms with van der Waals surface area (Å²) >= 11 is 12.1. The van der Waals surface area contributed by atoms with Gasteiger partial charge in [-0.05, 0) is 38.0 Å². The molecule has 0 saturated carbocycles. The summed E-state index contributed by atoms with van der Waals surface area (Å²) < 4.78 is 24.8. The molecule has 1 atom stereocenters. The van der Waals surface area contributed by atoms with Crippen molar-refractivity contribution in [1.82, 2.24) is 10.3 Å². The molecule has 0 radical (unpaired) electrons. The van der Waals surface area contributed by atoms with Crippen LogP contribution in [0, 0.1) is 5.82 Å². The molecular weight excluding hydrogens is 410 g/mol. The average Bonchev–Trinajstić information content (AvgIpc) is 2.67. The van der Waals surface area contributed by atoms with Gasteiger partial charge >= 0.3 is 0 Å². The maximum atomic E-state index is 13.7. The normalized spacial score (nSPS) is 15.9. The van der Waals surface area contributed by atoms with Crippen LogP contribution in [-0.4, -0.2) is 30.1 Å². The van der Waals surface area contributed by atoms with Gasteiger partial charge in [-0.25, -0.2) is 4.39 Å². The lowest BCUT2D eigenvalue weighted by molar-refractivity contribution is 0.0695. The van der Waals surface area contributed by atoms with Crippen molar-refractivity contribution in [3.63, 3.8) is 0 Å². The molecule has 6 nitrogen and oxygen atoms in total. The summed E-state index contributed by atoms with van der Waals surface area (Å²) in [5.74, 6) is -0.886. The van der Waals surface area contributed by atoms with Gasteiger partial charge in [0.2, 0.25) is 0 Å². The molecule has 0 aliphatic carbocycles. The van der Waals surface area contributed by atoms with Gasteiger partial charge in [0.05, 0.1) is 5.02 Å². The Balaban J connectivity index is 1.78. The zero-order chi connectivity index (χ0) is 20.3. The molecule has 1 aromatic carbocycles. The van der Waals surface area contributed by atoms with Gasteiger partial charge in [-0.15, -0.1) is 0 Å². The monoisotopic (exact) mass is 428 g/mol. The summed E-state index contributed by atoms with van der Waals surface area (Å²) in [6, 6.07) is 3.84. The summed E-state index contributed by atoms with van der Waals surface area (Å²) in [7, 11) is 0. The Kier molecular flexibility index (Phi) is 6.59. The van der Waals surface area contributed by atoms with Gasteiger partial charge in [0.1, 0.15) is 23.2 Å². The molecule has 2 heterocycles. The van der Waals surface area contributed by atoms with Crippen molar-refractivity contribution in [2.24, 2.45) is 0 Å². The number of hydrogen-bond acceptors (Lipinski definition) is 4. The number of carbonyl (C=O) groups excluding carboxylic acids is 1. The molecule has 1 amide bonds. The highest BCUT2D eigenvalue weighted by Crippen LogP contribution is 2.34. The van der Waals surface area contributed by atoms with Crippen molar-refractivity contribution in [1.29, 1.82) is 0 Å². The standard InChI is InChI=1S/C19H19Cl2FN2O4/c1-10(16-14(20)2-3-15(22)17(16)21)28-12-8-13(18(25)23-9-12)19(26)24-11-4-6-27-7-5-11/h2-3,8-11H,4-7H2,1H3,(H,23,25)(H,24,26)/t10-/m1/s1. The van der Waals surface area contributed by atoms with Crippen LogP contribution in [0.1, 0.15) is 41.8 Å². The number of pyridine rings is 1. The van der Waals surface area contributed by atoms with E-state index in [0.717, 1.165) is 0 Å². The number of nitrogens with one attached hydrogen (secondary N) is 2. The molecular formula is C19H19Cl2FN2O4. The van der Waals surface area contributed by atoms with Gasteiger partial charge in [0, 0.05) is 36.0 Å². The molecule has 0 spiro atoms. The van der Waals surface area contributed by atoms with Crippen molar-refractivity contribution in [2.45, 2.75) is 31.9 Å². The van der Waals surface area contributed by atoms with Crippen molar-refractivity contribution in [2.75, 3.05) is 13.2 Å². The number of H-pyrrole nitrogens is 1. The molecule has 1 saturated heterocycles. The highest BCUT2D eigenvalue weighted by atomic mass is 35.5. The Morgan fingerprint density at radius 1 is 1.36 bits per heavy atom. The molecule has 1 aliphatic heterocycles. The molecule has 0 unspecified atom stereocenters. The minimum absolute atomic E-state index is 0.0472. The van der Waals surface area contributed by atoms with Crippen LogP contribution in [0.3, 0.4) is 0 Å². The lowest BCUT2D eigenvalue weighted by Gasteiger charge is -2.23. The average molecular weight is 429 g/mol. The van der Waals surface area contributed by atoms with E-state index in [0.29, 0.717) is 26.1 Å². The Morgan fingerprint density at radius 2 is 2.07 bits per heavy atom. The molecule has 150 valence electrons. The zero-order valence-corrected chi connectivity index (χ0v) is 16.6. The van der Waals surface area contributed by atoms with Crippen molar-refractivity contribution in [3.05, 3.63) is 61.7 Å². The second kappa shape index (κ2) is 8.94. The first kappa shape index (κ1) is 20.6. The van der Waals surface area contributed by atoms with E-state index < -0.39 is 23.4 Å². The summed E-state index contributed by atoms with van der Waals surface area (Å²) in [5.41, 5.74) is -0.332. The van der Waals surface area contributed by atoms with Gasteiger partial charge in [-0.3, -0.25) is 9.59 Å². The van der Waals surface area contributed by atoms with E-state index in [4.69, 9.17) is 32.7 Å². The van der Waals surface area contributed by atoms with Crippen LogP contribution in [0.25, 0.3) is 0 Å². The van der Waals surface area contributed by atoms with E-state index in [1.807, 2.05) is 0 Å². The van der Waals surface area contributed by atoms with E-state index >= 15 is 0 Å². The van der Waals surface area contributed by atoms with E-state index in [2.05, 4.69) is 10.3 Å². The summed E-state index contributed by atoms with van der Waals surface area (Å²) in [6.45, 7) is 2.77. The predicted octanol–water partition coefficient (Wildman–Crippen LogP) is 3.87. The van der Waals surface area contributed by atoms with E-state index in [9.17, 15) is 14.0 Å². The number of hydrogen-bond donors (Lipinski definition) is 2. The Hall–Kier alpha value is -2.09. The van der Waals surface area contributed by atoms with Crippen molar-refractivity contribution >= 4 is 29.1 Å². The van der Waals surface area contributed by atoms with Gasteiger partial charge < -0.3 is 19.8 Å². The molecule has 9 heteroatoms. The van der Waals surface area contributed by atoms with Crippen LogP contribution in [0.15, 0.2) is 29.2 Å². The molecule has 2 aromatic rings. The lowest BCUT2D eigenvalue weighted by atomic mass is 10.1. The smallest absolute Gasteiger partial charge is 0.261 e.